The Labute approximate surface area is 193 Å². The molecule has 174 valence electrons. The van der Waals surface area contributed by atoms with Gasteiger partial charge >= 0.3 is 6.09 Å². The Morgan fingerprint density at radius 1 is 1.38 bits per heavy atom. The second kappa shape index (κ2) is 12.8. The van der Waals surface area contributed by atoms with E-state index in [1.165, 1.54) is 0 Å². The third-order valence-electron chi connectivity index (χ3n) is 4.55. The minimum Gasteiger partial charge on any atom is -0.448 e. The van der Waals surface area contributed by atoms with E-state index < -0.39 is 6.09 Å². The molecule has 0 saturated carbocycles. The number of aromatic nitrogens is 2. The van der Waals surface area contributed by atoms with Crippen LogP contribution in [0.5, 0.6) is 0 Å². The summed E-state index contributed by atoms with van der Waals surface area (Å²) in [5.74, 6) is 0.551. The number of aromatic amines is 1. The minimum atomic E-state index is -0.584. The number of carbonyl (C=O) groups is 2. The highest BCUT2D eigenvalue weighted by atomic mass is 35.5. The lowest BCUT2D eigenvalue weighted by Gasteiger charge is -2.12. The zero-order valence-electron chi connectivity index (χ0n) is 18.7. The molecule has 32 heavy (non-hydrogen) atoms. The van der Waals surface area contributed by atoms with Gasteiger partial charge in [0.15, 0.2) is 0 Å². The number of nitrogens with one attached hydrogen (secondary N) is 3. The molecule has 0 aliphatic carbocycles. The van der Waals surface area contributed by atoms with Crippen LogP contribution >= 0.6 is 11.6 Å². The van der Waals surface area contributed by atoms with Crippen molar-refractivity contribution in [3.8, 4) is 11.3 Å². The number of H-pyrrole nitrogens is 1. The Kier molecular flexibility index (Phi) is 10.2. The number of nitrogens with zero attached hydrogens (tertiary/aromatic N) is 2. The van der Waals surface area contributed by atoms with Gasteiger partial charge in [-0.25, -0.2) is 9.78 Å². The Balaban J connectivity index is 2.18. The lowest BCUT2D eigenvalue weighted by atomic mass is 10.1. The van der Waals surface area contributed by atoms with Crippen molar-refractivity contribution in [2.24, 2.45) is 5.73 Å². The van der Waals surface area contributed by atoms with E-state index in [9.17, 15) is 9.59 Å². The second-order valence-corrected chi connectivity index (χ2v) is 7.85. The van der Waals surface area contributed by atoms with Crippen LogP contribution in [-0.4, -0.2) is 54.6 Å². The Morgan fingerprint density at radius 3 is 2.84 bits per heavy atom. The van der Waals surface area contributed by atoms with Gasteiger partial charge < -0.3 is 25.7 Å². The highest BCUT2D eigenvalue weighted by Gasteiger charge is 2.18. The Hall–Kier alpha value is -2.88. The smallest absolute Gasteiger partial charge is 0.411 e. The zero-order chi connectivity index (χ0) is 23.5. The monoisotopic (exact) mass is 462 g/mol. The SMILES string of the molecule is CCC/C=C/CC(N)c1nc(-c2ccc(NC(=O)OCCN(C)C)cc2NC=O)c(Cl)[nH]1. The fourth-order valence-corrected chi connectivity index (χ4v) is 3.09. The number of carbonyl (C=O) groups excluding carboxylic acids is 2. The molecule has 1 unspecified atom stereocenters. The second-order valence-electron chi connectivity index (χ2n) is 7.47. The van der Waals surface area contributed by atoms with Crippen LogP contribution in [0.3, 0.4) is 0 Å². The van der Waals surface area contributed by atoms with Crippen molar-refractivity contribution < 1.29 is 14.3 Å². The number of hydrogen-bond donors (Lipinski definition) is 4. The molecular formula is C22H31ClN6O3. The molecular weight excluding hydrogens is 432 g/mol. The number of rotatable bonds is 12. The number of benzene rings is 1. The molecule has 0 fully saturated rings. The zero-order valence-corrected chi connectivity index (χ0v) is 19.4. The van der Waals surface area contributed by atoms with Crippen LogP contribution in [0, 0.1) is 0 Å². The van der Waals surface area contributed by atoms with Crippen LogP contribution < -0.4 is 16.4 Å². The molecule has 0 aliphatic rings. The molecule has 0 radical (unpaired) electrons. The fourth-order valence-electron chi connectivity index (χ4n) is 2.85. The van der Waals surface area contributed by atoms with E-state index in [2.05, 4.69) is 33.6 Å². The van der Waals surface area contributed by atoms with E-state index in [0.29, 0.717) is 53.0 Å². The van der Waals surface area contributed by atoms with Gasteiger partial charge in [-0.15, -0.1) is 0 Å². The molecule has 1 aromatic heterocycles. The van der Waals surface area contributed by atoms with Crippen molar-refractivity contribution in [2.45, 2.75) is 32.2 Å². The number of imidazole rings is 1. The molecule has 1 heterocycles. The maximum absolute atomic E-state index is 12.0. The maximum atomic E-state index is 12.0. The number of allylic oxidation sites excluding steroid dienone is 1. The topological polar surface area (TPSA) is 125 Å². The lowest BCUT2D eigenvalue weighted by molar-refractivity contribution is -0.105. The summed E-state index contributed by atoms with van der Waals surface area (Å²) in [6.45, 7) is 2.99. The van der Waals surface area contributed by atoms with Gasteiger partial charge in [-0.1, -0.05) is 37.1 Å². The van der Waals surface area contributed by atoms with Crippen LogP contribution in [0.15, 0.2) is 30.4 Å². The lowest BCUT2D eigenvalue weighted by Crippen LogP contribution is -2.22. The largest absolute Gasteiger partial charge is 0.448 e. The number of amides is 2. The first-order chi connectivity index (χ1) is 15.3. The van der Waals surface area contributed by atoms with Crippen molar-refractivity contribution in [1.29, 1.82) is 0 Å². The molecule has 5 N–H and O–H groups in total. The highest BCUT2D eigenvalue weighted by molar-refractivity contribution is 6.32. The van der Waals surface area contributed by atoms with E-state index >= 15 is 0 Å². The van der Waals surface area contributed by atoms with Gasteiger partial charge in [-0.3, -0.25) is 10.1 Å². The number of likely N-dealkylation sites (N-methyl/N-ethyl adjacent to an activating group) is 1. The molecule has 0 spiro atoms. The van der Waals surface area contributed by atoms with Gasteiger partial charge in [0.2, 0.25) is 6.41 Å². The number of ether oxygens (including phenoxy) is 1. The summed E-state index contributed by atoms with van der Waals surface area (Å²) in [5, 5.41) is 5.58. The molecule has 0 aliphatic heterocycles. The summed E-state index contributed by atoms with van der Waals surface area (Å²) in [6, 6.07) is 4.65. The summed E-state index contributed by atoms with van der Waals surface area (Å²) >= 11 is 6.38. The molecule has 0 saturated heterocycles. The standard InChI is InChI=1S/C22H31ClN6O3/c1-4-5-6-7-8-17(24)21-27-19(20(23)28-21)16-10-9-15(13-18(16)25-14-30)26-22(31)32-12-11-29(2)3/h6-7,9-10,13-14,17H,4-5,8,11-12,24H2,1-3H3,(H,25,30)(H,26,31)(H,27,28)/b7-6+. The average Bonchev–Trinajstić information content (AvgIpc) is 3.13. The quantitative estimate of drug-likeness (QED) is 0.277. The van der Waals surface area contributed by atoms with Gasteiger partial charge in [0.25, 0.3) is 0 Å². The van der Waals surface area contributed by atoms with Gasteiger partial charge in [-0.05, 0) is 45.1 Å². The van der Waals surface area contributed by atoms with Crippen LogP contribution in [0.1, 0.15) is 38.1 Å². The molecule has 0 bridgehead atoms. The van der Waals surface area contributed by atoms with Crippen molar-refractivity contribution >= 4 is 35.5 Å². The maximum Gasteiger partial charge on any atom is 0.411 e. The first kappa shape index (κ1) is 25.4. The predicted octanol–water partition coefficient (Wildman–Crippen LogP) is 4.15. The molecule has 1 atom stereocenters. The summed E-state index contributed by atoms with van der Waals surface area (Å²) in [7, 11) is 3.78. The van der Waals surface area contributed by atoms with E-state index in [1.807, 2.05) is 25.1 Å². The van der Waals surface area contributed by atoms with Gasteiger partial charge in [0.05, 0.1) is 11.7 Å². The molecule has 2 amide bonds. The molecule has 2 aromatic rings. The molecule has 9 nitrogen and oxygen atoms in total. The van der Waals surface area contributed by atoms with Crippen molar-refractivity contribution in [3.63, 3.8) is 0 Å². The number of anilines is 2. The third-order valence-corrected chi connectivity index (χ3v) is 4.82. The number of halogens is 1. The van der Waals surface area contributed by atoms with Crippen LogP contribution in [0.25, 0.3) is 11.3 Å². The van der Waals surface area contributed by atoms with E-state index in [4.69, 9.17) is 22.1 Å². The fraction of sp³-hybridized carbons (Fsp3) is 0.409. The minimum absolute atomic E-state index is 0.260. The summed E-state index contributed by atoms with van der Waals surface area (Å²) in [6.07, 6.45) is 6.79. The number of nitrogens with two attached hydrogens (primary N) is 1. The van der Waals surface area contributed by atoms with Crippen LogP contribution in [-0.2, 0) is 9.53 Å². The Morgan fingerprint density at radius 2 is 2.16 bits per heavy atom. The molecule has 2 rings (SSSR count). The van der Waals surface area contributed by atoms with Crippen LogP contribution in [0.4, 0.5) is 16.2 Å². The van der Waals surface area contributed by atoms with Crippen molar-refractivity contribution in [3.05, 3.63) is 41.3 Å². The first-order valence-corrected chi connectivity index (χ1v) is 10.8. The van der Waals surface area contributed by atoms with Gasteiger partial charge in [0.1, 0.15) is 23.3 Å². The summed E-state index contributed by atoms with van der Waals surface area (Å²) in [5.41, 5.74) is 8.17. The van der Waals surface area contributed by atoms with Gasteiger partial charge in [-0.2, -0.15) is 0 Å². The van der Waals surface area contributed by atoms with Crippen LogP contribution in [0.2, 0.25) is 5.15 Å². The highest BCUT2D eigenvalue weighted by Crippen LogP contribution is 2.34. The number of unbranched alkanes of at least 4 members (excludes halogenated alkanes) is 1. The normalized spacial score (nSPS) is 12.2. The molecule has 1 aromatic carbocycles. The third kappa shape index (κ3) is 7.67. The number of hydrogen-bond acceptors (Lipinski definition) is 6. The van der Waals surface area contributed by atoms with Gasteiger partial charge in [0, 0.05) is 17.8 Å². The summed E-state index contributed by atoms with van der Waals surface area (Å²) in [4.78, 5) is 32.6. The van der Waals surface area contributed by atoms with E-state index in [0.717, 1.165) is 12.8 Å². The van der Waals surface area contributed by atoms with E-state index in [1.54, 1.807) is 18.2 Å². The average molecular weight is 463 g/mol. The first-order valence-electron chi connectivity index (χ1n) is 10.4. The van der Waals surface area contributed by atoms with E-state index in [-0.39, 0.29) is 12.6 Å². The Bertz CT molecular complexity index is 928. The van der Waals surface area contributed by atoms with Crippen molar-refractivity contribution in [1.82, 2.24) is 14.9 Å². The predicted molar refractivity (Wildman–Crippen MR) is 128 cm³/mol. The van der Waals surface area contributed by atoms with Crippen molar-refractivity contribution in [2.75, 3.05) is 37.9 Å². The summed E-state index contributed by atoms with van der Waals surface area (Å²) < 4.78 is 5.13. The molecule has 10 heteroatoms.